The van der Waals surface area contributed by atoms with E-state index in [1.807, 2.05) is 6.92 Å². The van der Waals surface area contributed by atoms with Crippen LogP contribution in [-0.2, 0) is 14.3 Å². The predicted octanol–water partition coefficient (Wildman–Crippen LogP) is 3.90. The van der Waals surface area contributed by atoms with Crippen LogP contribution in [0.1, 0.15) is 32.7 Å². The first-order valence-corrected chi connectivity index (χ1v) is 11.3. The molecule has 1 atom stereocenters. The number of esters is 2. The standard InChI is InChI=1S/C27H22N2O8/c1-17-5-7-19(8-6-17)27(33)37-23-11-9-18(10-12-23)24(30)16-36-26(32)20-13-25(31)28(15-20)21-3-2-4-22(14-21)29(34)35/h2-12,14,20H,13,15-16H2,1H3/t20-/m1/s1. The van der Waals surface area contributed by atoms with Crippen LogP contribution in [0.2, 0.25) is 0 Å². The van der Waals surface area contributed by atoms with Crippen LogP contribution < -0.4 is 9.64 Å². The average molecular weight is 502 g/mol. The van der Waals surface area contributed by atoms with Crippen LogP contribution in [0.3, 0.4) is 0 Å². The molecule has 1 amide bonds. The Kier molecular flexibility index (Phi) is 7.38. The highest BCUT2D eigenvalue weighted by molar-refractivity contribution is 6.01. The second kappa shape index (κ2) is 10.8. The molecule has 0 unspecified atom stereocenters. The summed E-state index contributed by atoms with van der Waals surface area (Å²) in [5.41, 5.74) is 1.81. The summed E-state index contributed by atoms with van der Waals surface area (Å²) in [7, 11) is 0. The van der Waals surface area contributed by atoms with Gasteiger partial charge in [-0.05, 0) is 49.4 Å². The molecule has 0 N–H and O–H groups in total. The Bertz CT molecular complexity index is 1370. The largest absolute Gasteiger partial charge is 0.457 e. The molecule has 3 aromatic carbocycles. The summed E-state index contributed by atoms with van der Waals surface area (Å²) in [6.45, 7) is 1.38. The van der Waals surface area contributed by atoms with Crippen molar-refractivity contribution in [3.05, 3.63) is 99.6 Å². The van der Waals surface area contributed by atoms with Gasteiger partial charge in [0, 0.05) is 30.7 Å². The van der Waals surface area contributed by atoms with E-state index in [0.29, 0.717) is 11.3 Å². The van der Waals surface area contributed by atoms with Crippen molar-refractivity contribution in [3.63, 3.8) is 0 Å². The lowest BCUT2D eigenvalue weighted by atomic mass is 10.1. The first-order valence-electron chi connectivity index (χ1n) is 11.3. The number of nitro benzene ring substituents is 1. The van der Waals surface area contributed by atoms with E-state index in [1.165, 1.54) is 47.4 Å². The van der Waals surface area contributed by atoms with E-state index in [9.17, 15) is 29.3 Å². The Balaban J connectivity index is 1.30. The van der Waals surface area contributed by atoms with E-state index in [4.69, 9.17) is 9.47 Å². The molecule has 0 aromatic heterocycles. The highest BCUT2D eigenvalue weighted by Gasteiger charge is 2.36. The number of nitrogens with zero attached hydrogens (tertiary/aromatic N) is 2. The number of ether oxygens (including phenoxy) is 2. The lowest BCUT2D eigenvalue weighted by Crippen LogP contribution is -2.27. The zero-order chi connectivity index (χ0) is 26.5. The number of nitro groups is 1. The van der Waals surface area contributed by atoms with Crippen LogP contribution in [0.25, 0.3) is 0 Å². The maximum atomic E-state index is 12.5. The van der Waals surface area contributed by atoms with E-state index in [1.54, 1.807) is 30.3 Å². The van der Waals surface area contributed by atoms with Gasteiger partial charge < -0.3 is 14.4 Å². The van der Waals surface area contributed by atoms with Gasteiger partial charge in [-0.3, -0.25) is 24.5 Å². The van der Waals surface area contributed by atoms with Crippen LogP contribution in [-0.4, -0.2) is 41.7 Å². The number of carbonyl (C=O) groups is 4. The molecule has 0 saturated carbocycles. The van der Waals surface area contributed by atoms with E-state index >= 15 is 0 Å². The molecule has 188 valence electrons. The SMILES string of the molecule is Cc1ccc(C(=O)Oc2ccc(C(=O)COC(=O)[C@@H]3CC(=O)N(c4cccc([N+](=O)[O-])c4)C3)cc2)cc1. The smallest absolute Gasteiger partial charge is 0.343 e. The Hall–Kier alpha value is -4.86. The van der Waals surface area contributed by atoms with Crippen LogP contribution in [0.15, 0.2) is 72.8 Å². The van der Waals surface area contributed by atoms with Crippen molar-refractivity contribution in [2.45, 2.75) is 13.3 Å². The van der Waals surface area contributed by atoms with Crippen LogP contribution in [0, 0.1) is 23.0 Å². The van der Waals surface area contributed by atoms with Crippen LogP contribution in [0.5, 0.6) is 5.75 Å². The quantitative estimate of drug-likeness (QED) is 0.149. The van der Waals surface area contributed by atoms with E-state index in [2.05, 4.69) is 0 Å². The maximum absolute atomic E-state index is 12.5. The van der Waals surface area contributed by atoms with Crippen molar-refractivity contribution < 1.29 is 33.6 Å². The minimum Gasteiger partial charge on any atom is -0.457 e. The fraction of sp³-hybridized carbons (Fsp3) is 0.185. The Morgan fingerprint density at radius 3 is 2.35 bits per heavy atom. The zero-order valence-electron chi connectivity index (χ0n) is 19.8. The number of ketones is 1. The summed E-state index contributed by atoms with van der Waals surface area (Å²) in [6.07, 6.45) is -0.128. The Morgan fingerprint density at radius 2 is 1.68 bits per heavy atom. The average Bonchev–Trinajstić information content (AvgIpc) is 3.29. The first-order chi connectivity index (χ1) is 17.7. The van der Waals surface area contributed by atoms with Crippen LogP contribution in [0.4, 0.5) is 11.4 Å². The molecule has 1 fully saturated rings. The van der Waals surface area contributed by atoms with Gasteiger partial charge in [-0.25, -0.2) is 4.79 Å². The fourth-order valence-electron chi connectivity index (χ4n) is 3.79. The molecule has 10 heteroatoms. The number of hydrogen-bond donors (Lipinski definition) is 0. The molecule has 4 rings (SSSR count). The molecule has 1 aliphatic rings. The minimum atomic E-state index is -0.803. The number of Topliss-reactive ketones (excluding diaryl/α,β-unsaturated/α-hetero) is 1. The van der Waals surface area contributed by atoms with Gasteiger partial charge in [0.05, 0.1) is 22.1 Å². The van der Waals surface area contributed by atoms with Crippen molar-refractivity contribution in [2.75, 3.05) is 18.1 Å². The van der Waals surface area contributed by atoms with E-state index < -0.39 is 35.2 Å². The second-order valence-electron chi connectivity index (χ2n) is 8.49. The van der Waals surface area contributed by atoms with Crippen molar-refractivity contribution in [1.82, 2.24) is 0 Å². The number of carbonyl (C=O) groups excluding carboxylic acids is 4. The molecule has 1 saturated heterocycles. The molecule has 10 nitrogen and oxygen atoms in total. The third kappa shape index (κ3) is 6.04. The molecule has 37 heavy (non-hydrogen) atoms. The zero-order valence-corrected chi connectivity index (χ0v) is 19.8. The normalized spacial score (nSPS) is 14.8. The molecule has 3 aromatic rings. The second-order valence-corrected chi connectivity index (χ2v) is 8.49. The minimum absolute atomic E-state index is 0.00588. The van der Waals surface area contributed by atoms with E-state index in [0.717, 1.165) is 5.56 Å². The monoisotopic (exact) mass is 502 g/mol. The lowest BCUT2D eigenvalue weighted by molar-refractivity contribution is -0.384. The number of amides is 1. The van der Waals surface area contributed by atoms with Gasteiger partial charge in [0.15, 0.2) is 12.4 Å². The van der Waals surface area contributed by atoms with E-state index in [-0.39, 0.29) is 35.9 Å². The number of non-ortho nitro benzene ring substituents is 1. The summed E-state index contributed by atoms with van der Waals surface area (Å²) >= 11 is 0. The summed E-state index contributed by atoms with van der Waals surface area (Å²) in [5, 5.41) is 11.0. The molecule has 1 heterocycles. The highest BCUT2D eigenvalue weighted by Crippen LogP contribution is 2.28. The number of benzene rings is 3. The summed E-state index contributed by atoms with van der Waals surface area (Å²) in [6, 6.07) is 18.3. The molecular weight excluding hydrogens is 480 g/mol. The van der Waals surface area contributed by atoms with Gasteiger partial charge in [-0.1, -0.05) is 23.8 Å². The van der Waals surface area contributed by atoms with Crippen molar-refractivity contribution in [3.8, 4) is 5.75 Å². The van der Waals surface area contributed by atoms with Crippen LogP contribution >= 0.6 is 0 Å². The predicted molar refractivity (Wildman–Crippen MR) is 131 cm³/mol. The Morgan fingerprint density at radius 1 is 1.00 bits per heavy atom. The van der Waals surface area contributed by atoms with Crippen molar-refractivity contribution in [2.24, 2.45) is 5.92 Å². The third-order valence-electron chi connectivity index (χ3n) is 5.83. The first kappa shape index (κ1) is 25.2. The lowest BCUT2D eigenvalue weighted by Gasteiger charge is -2.16. The molecule has 0 spiro atoms. The van der Waals surface area contributed by atoms with Gasteiger partial charge in [0.25, 0.3) is 5.69 Å². The summed E-state index contributed by atoms with van der Waals surface area (Å²) in [5.74, 6) is -2.63. The highest BCUT2D eigenvalue weighted by atomic mass is 16.6. The number of anilines is 1. The van der Waals surface area contributed by atoms with Crippen molar-refractivity contribution in [1.29, 1.82) is 0 Å². The molecule has 1 aliphatic heterocycles. The topological polar surface area (TPSA) is 133 Å². The fourth-order valence-corrected chi connectivity index (χ4v) is 3.79. The van der Waals surface area contributed by atoms with Crippen molar-refractivity contribution >= 4 is 35.0 Å². The Labute approximate surface area is 211 Å². The number of rotatable bonds is 8. The molecular formula is C27H22N2O8. The number of aryl methyl sites for hydroxylation is 1. The summed E-state index contributed by atoms with van der Waals surface area (Å²) in [4.78, 5) is 61.3. The molecule has 0 aliphatic carbocycles. The van der Waals surface area contributed by atoms with Gasteiger partial charge in [-0.15, -0.1) is 0 Å². The van der Waals surface area contributed by atoms with Gasteiger partial charge in [-0.2, -0.15) is 0 Å². The van der Waals surface area contributed by atoms with Gasteiger partial charge in [0.2, 0.25) is 5.91 Å². The third-order valence-corrected chi connectivity index (χ3v) is 5.83. The maximum Gasteiger partial charge on any atom is 0.343 e. The molecule has 0 bridgehead atoms. The van der Waals surface area contributed by atoms with Gasteiger partial charge >= 0.3 is 11.9 Å². The summed E-state index contributed by atoms with van der Waals surface area (Å²) < 4.78 is 10.4. The van der Waals surface area contributed by atoms with Gasteiger partial charge in [0.1, 0.15) is 5.75 Å². The number of hydrogen-bond acceptors (Lipinski definition) is 8. The molecule has 0 radical (unpaired) electrons.